The first-order chi connectivity index (χ1) is 6.36. The smallest absolute Gasteiger partial charge is 0.327 e. The highest BCUT2D eigenvalue weighted by Crippen LogP contribution is 2.50. The molecule has 0 radical (unpaired) electrons. The summed E-state index contributed by atoms with van der Waals surface area (Å²) in [6, 6.07) is -1.27. The normalized spacial score (nSPS) is 34.3. The number of amides is 1. The fourth-order valence-corrected chi connectivity index (χ4v) is 3.61. The average Bonchev–Trinajstić information content (AvgIpc) is 2.34. The number of halogens is 1. The van der Waals surface area contributed by atoms with Gasteiger partial charge in [-0.15, -0.1) is 11.8 Å². The number of aliphatic carboxylic acids is 1. The summed E-state index contributed by atoms with van der Waals surface area (Å²) in [4.78, 5) is 23.8. The molecule has 0 aliphatic carbocycles. The van der Waals surface area contributed by atoms with Crippen LogP contribution in [0.1, 0.15) is 13.8 Å². The Hall–Kier alpha value is -0.500. The van der Waals surface area contributed by atoms with E-state index in [2.05, 4.69) is 0 Å². The molecule has 6 nitrogen and oxygen atoms in total. The molecule has 0 aromatic heterocycles. The van der Waals surface area contributed by atoms with Crippen molar-refractivity contribution in [1.82, 2.24) is 11.1 Å². The van der Waals surface area contributed by atoms with E-state index in [0.717, 1.165) is 0 Å². The minimum atomic E-state index is -0.953. The number of nitrogens with two attached hydrogens (primary N) is 1. The van der Waals surface area contributed by atoms with E-state index in [1.165, 1.54) is 16.7 Å². The lowest BCUT2D eigenvalue weighted by molar-refractivity contribution is -0.159. The molecule has 8 heteroatoms. The van der Waals surface area contributed by atoms with Crippen molar-refractivity contribution in [2.75, 3.05) is 0 Å². The Kier molecular flexibility index (Phi) is 4.26. The summed E-state index contributed by atoms with van der Waals surface area (Å²) in [5, 5.41) is 8.87. The molecular weight excluding hydrogens is 254 g/mol. The topological polar surface area (TPSA) is 120 Å². The van der Waals surface area contributed by atoms with Gasteiger partial charge < -0.3 is 34.3 Å². The van der Waals surface area contributed by atoms with Crippen molar-refractivity contribution in [3.05, 3.63) is 0 Å². The van der Waals surface area contributed by atoms with Gasteiger partial charge in [0, 0.05) is 4.75 Å². The number of carbonyl (C=O) groups excluding carboxylic acids is 1. The van der Waals surface area contributed by atoms with E-state index in [0.29, 0.717) is 0 Å². The van der Waals surface area contributed by atoms with Crippen LogP contribution in [0.25, 0.3) is 0 Å². The SMILES string of the molecule is CC1(C)S[C@@H]2[C@H](N)C(=O)N2[C@H]1C(=O)O.[Cl-].[NH4+]. The van der Waals surface area contributed by atoms with Crippen LogP contribution in [0.4, 0.5) is 0 Å². The van der Waals surface area contributed by atoms with Gasteiger partial charge in [-0.1, -0.05) is 0 Å². The van der Waals surface area contributed by atoms with Crippen LogP contribution in [0.5, 0.6) is 0 Å². The van der Waals surface area contributed by atoms with Crippen molar-refractivity contribution >= 4 is 23.6 Å². The molecular formula is C8H16ClN3O3S. The predicted octanol–water partition coefficient (Wildman–Crippen LogP) is -3.16. The number of fused-ring (bicyclic) bond motifs is 1. The third kappa shape index (κ3) is 1.77. The van der Waals surface area contributed by atoms with Crippen molar-refractivity contribution in [1.29, 1.82) is 0 Å². The first kappa shape index (κ1) is 15.5. The van der Waals surface area contributed by atoms with E-state index in [4.69, 9.17) is 10.8 Å². The number of thioether (sulfide) groups is 1. The third-order valence-corrected chi connectivity index (χ3v) is 4.31. The number of carboxylic acids is 1. The average molecular weight is 270 g/mol. The van der Waals surface area contributed by atoms with Gasteiger partial charge in [0.2, 0.25) is 5.91 Å². The van der Waals surface area contributed by atoms with Crippen molar-refractivity contribution in [3.63, 3.8) is 0 Å². The quantitative estimate of drug-likeness (QED) is 0.434. The van der Waals surface area contributed by atoms with Gasteiger partial charge in [0.05, 0.1) is 0 Å². The lowest BCUT2D eigenvalue weighted by Gasteiger charge is -2.41. The minimum Gasteiger partial charge on any atom is -1.00 e. The molecule has 0 aromatic carbocycles. The van der Waals surface area contributed by atoms with E-state index >= 15 is 0 Å². The highest BCUT2D eigenvalue weighted by atomic mass is 35.5. The van der Waals surface area contributed by atoms with E-state index in [-0.39, 0.29) is 29.8 Å². The van der Waals surface area contributed by atoms with Gasteiger partial charge in [-0.3, -0.25) is 4.79 Å². The minimum absolute atomic E-state index is 0. The van der Waals surface area contributed by atoms with Crippen LogP contribution in [0.3, 0.4) is 0 Å². The molecule has 0 aromatic rings. The second-order valence-corrected chi connectivity index (χ2v) is 5.89. The molecule has 16 heavy (non-hydrogen) atoms. The Morgan fingerprint density at radius 2 is 2.06 bits per heavy atom. The number of nitrogens with zero attached hydrogens (tertiary/aromatic N) is 1. The molecule has 1 amide bonds. The molecule has 2 saturated heterocycles. The van der Waals surface area contributed by atoms with Gasteiger partial charge in [-0.05, 0) is 13.8 Å². The number of carboxylic acid groups (broad SMARTS) is 1. The van der Waals surface area contributed by atoms with Crippen molar-refractivity contribution in [2.45, 2.75) is 36.1 Å². The Morgan fingerprint density at radius 1 is 1.56 bits per heavy atom. The van der Waals surface area contributed by atoms with Gasteiger partial charge in [-0.2, -0.15) is 0 Å². The summed E-state index contributed by atoms with van der Waals surface area (Å²) in [6.07, 6.45) is 0. The van der Waals surface area contributed by atoms with Gasteiger partial charge in [0.15, 0.2) is 0 Å². The van der Waals surface area contributed by atoms with Crippen LogP contribution >= 0.6 is 11.8 Å². The first-order valence-corrected chi connectivity index (χ1v) is 5.22. The molecule has 2 aliphatic rings. The number of rotatable bonds is 1. The third-order valence-electron chi connectivity index (χ3n) is 2.72. The summed E-state index contributed by atoms with van der Waals surface area (Å²) in [5.74, 6) is -1.20. The second kappa shape index (κ2) is 4.40. The molecule has 2 heterocycles. The predicted molar refractivity (Wildman–Crippen MR) is 57.7 cm³/mol. The van der Waals surface area contributed by atoms with Gasteiger partial charge in [-0.25, -0.2) is 4.79 Å². The first-order valence-electron chi connectivity index (χ1n) is 4.34. The molecule has 2 rings (SSSR count). The molecule has 94 valence electrons. The maximum atomic E-state index is 11.4. The summed E-state index contributed by atoms with van der Waals surface area (Å²) in [5.41, 5.74) is 5.59. The maximum Gasteiger partial charge on any atom is 0.327 e. The Balaban J connectivity index is 0.00000112. The van der Waals surface area contributed by atoms with Crippen LogP contribution in [0.15, 0.2) is 0 Å². The maximum absolute atomic E-state index is 11.4. The zero-order chi connectivity index (χ0) is 10.7. The van der Waals surface area contributed by atoms with E-state index in [1.807, 2.05) is 13.8 Å². The molecule has 0 bridgehead atoms. The van der Waals surface area contributed by atoms with Gasteiger partial charge in [0.1, 0.15) is 17.5 Å². The number of hydrogen-bond donors (Lipinski definition) is 3. The second-order valence-electron chi connectivity index (χ2n) is 4.12. The van der Waals surface area contributed by atoms with E-state index in [1.54, 1.807) is 0 Å². The molecule has 0 unspecified atom stereocenters. The zero-order valence-corrected chi connectivity index (χ0v) is 10.9. The molecule has 7 N–H and O–H groups in total. The van der Waals surface area contributed by atoms with Crippen LogP contribution in [-0.2, 0) is 9.59 Å². The molecule has 0 saturated carbocycles. The lowest BCUT2D eigenvalue weighted by atomic mass is 9.96. The fourth-order valence-electron chi connectivity index (χ4n) is 2.04. The van der Waals surface area contributed by atoms with Crippen LogP contribution in [-0.4, -0.2) is 44.1 Å². The Bertz CT molecular complexity index is 326. The van der Waals surface area contributed by atoms with Gasteiger partial charge >= 0.3 is 5.97 Å². The largest absolute Gasteiger partial charge is 1.00 e. The van der Waals surface area contributed by atoms with Crippen LogP contribution in [0.2, 0.25) is 0 Å². The fraction of sp³-hybridized carbons (Fsp3) is 0.750. The number of quaternary nitrogens is 1. The summed E-state index contributed by atoms with van der Waals surface area (Å²) in [7, 11) is 0. The number of β-lactam (4-membered cyclic amide) rings is 1. The van der Waals surface area contributed by atoms with Crippen LogP contribution < -0.4 is 24.3 Å². The molecule has 3 atom stereocenters. The van der Waals surface area contributed by atoms with E-state index in [9.17, 15) is 9.59 Å². The standard InChI is InChI=1S/C8H12N2O3S.ClH.H3N/c1-8(2)4(7(12)13)10-5(11)3(9)6(10)14-8;;/h3-4,6H,9H2,1-2H3,(H,12,13);1H;1H3/t3-,4+,6-;;/m1../s1. The summed E-state index contributed by atoms with van der Waals surface area (Å²) in [6.45, 7) is 3.66. The Labute approximate surface area is 104 Å². The number of carbonyl (C=O) groups is 2. The van der Waals surface area contributed by atoms with Crippen molar-refractivity contribution < 1.29 is 27.1 Å². The molecule has 2 aliphatic heterocycles. The molecule has 0 spiro atoms. The van der Waals surface area contributed by atoms with Crippen LogP contribution in [0, 0.1) is 0 Å². The summed E-state index contributed by atoms with van der Waals surface area (Å²) >= 11 is 1.47. The highest BCUT2D eigenvalue weighted by molar-refractivity contribution is 8.01. The van der Waals surface area contributed by atoms with Gasteiger partial charge in [0.25, 0.3) is 0 Å². The summed E-state index contributed by atoms with van der Waals surface area (Å²) < 4.78 is -0.458. The molecule has 2 fully saturated rings. The Morgan fingerprint density at radius 3 is 2.50 bits per heavy atom. The van der Waals surface area contributed by atoms with Crippen molar-refractivity contribution in [3.8, 4) is 0 Å². The van der Waals surface area contributed by atoms with Crippen molar-refractivity contribution in [2.24, 2.45) is 5.73 Å². The number of hydrogen-bond acceptors (Lipinski definition) is 4. The monoisotopic (exact) mass is 269 g/mol. The van der Waals surface area contributed by atoms with E-state index < -0.39 is 22.8 Å². The highest BCUT2D eigenvalue weighted by Gasteiger charge is 2.62. The zero-order valence-electron chi connectivity index (χ0n) is 9.31. The lowest BCUT2D eigenvalue weighted by Crippen LogP contribution is -3.00.